The molecule has 20 heavy (non-hydrogen) atoms. The van der Waals surface area contributed by atoms with Crippen molar-refractivity contribution in [2.24, 2.45) is 0 Å². The zero-order chi connectivity index (χ0) is 14.7. The Labute approximate surface area is 119 Å². The highest BCUT2D eigenvalue weighted by molar-refractivity contribution is 6.28. The van der Waals surface area contributed by atoms with Crippen molar-refractivity contribution in [2.75, 3.05) is 7.11 Å². The lowest BCUT2D eigenvalue weighted by atomic mass is 10.3. The smallest absolute Gasteiger partial charge is 0.352 e. The molecule has 0 aliphatic carbocycles. The first kappa shape index (κ1) is 14.0. The Bertz CT molecular complexity index is 646. The molecule has 1 aromatic carbocycles. The molecule has 8 heteroatoms. The van der Waals surface area contributed by atoms with E-state index in [1.54, 1.807) is 24.3 Å². The summed E-state index contributed by atoms with van der Waals surface area (Å²) in [5, 5.41) is 10.9. The van der Waals surface area contributed by atoms with Crippen molar-refractivity contribution in [3.63, 3.8) is 0 Å². The van der Waals surface area contributed by atoms with Gasteiger partial charge in [0.25, 0.3) is 0 Å². The van der Waals surface area contributed by atoms with E-state index in [4.69, 9.17) is 21.1 Å². The summed E-state index contributed by atoms with van der Waals surface area (Å²) in [5.41, 5.74) is -0.177. The number of ether oxygens (including phenoxy) is 2. The van der Waals surface area contributed by atoms with Gasteiger partial charge in [-0.05, 0) is 42.8 Å². The lowest BCUT2D eigenvalue weighted by Crippen LogP contribution is -2.01. The van der Waals surface area contributed by atoms with Crippen LogP contribution in [0.3, 0.4) is 0 Å². The minimum absolute atomic E-state index is 0.114. The zero-order valence-corrected chi connectivity index (χ0v) is 11.4. The van der Waals surface area contributed by atoms with Gasteiger partial charge in [0, 0.05) is 0 Å². The Morgan fingerprint density at radius 2 is 1.80 bits per heavy atom. The maximum atomic E-state index is 11.0. The molecule has 0 aliphatic rings. The van der Waals surface area contributed by atoms with Crippen LogP contribution in [0.2, 0.25) is 5.28 Å². The predicted molar refractivity (Wildman–Crippen MR) is 71.5 cm³/mol. The fraction of sp³-hybridized carbons (Fsp3) is 0.167. The fourth-order valence-corrected chi connectivity index (χ4v) is 1.75. The Morgan fingerprint density at radius 3 is 2.35 bits per heavy atom. The molecule has 0 fully saturated rings. The maximum Gasteiger partial charge on any atom is 0.352 e. The third-order valence-corrected chi connectivity index (χ3v) is 2.62. The van der Waals surface area contributed by atoms with Gasteiger partial charge in [-0.1, -0.05) is 0 Å². The summed E-state index contributed by atoms with van der Waals surface area (Å²) in [6.07, 6.45) is 0. The van der Waals surface area contributed by atoms with Crippen molar-refractivity contribution in [1.29, 1.82) is 0 Å². The van der Waals surface area contributed by atoms with Crippen molar-refractivity contribution in [3.8, 4) is 17.4 Å². The van der Waals surface area contributed by atoms with E-state index in [2.05, 4.69) is 9.97 Å². The molecule has 104 valence electrons. The van der Waals surface area contributed by atoms with Gasteiger partial charge in [0.1, 0.15) is 17.2 Å². The molecule has 2 aromatic rings. The summed E-state index contributed by atoms with van der Waals surface area (Å²) < 4.78 is 10.4. The van der Waals surface area contributed by atoms with Crippen LogP contribution in [0.1, 0.15) is 5.69 Å². The summed E-state index contributed by atoms with van der Waals surface area (Å²) in [5.74, 6) is 0.824. The quantitative estimate of drug-likeness (QED) is 0.489. The number of halogens is 1. The molecule has 0 radical (unpaired) electrons. The van der Waals surface area contributed by atoms with Crippen LogP contribution >= 0.6 is 11.6 Å². The summed E-state index contributed by atoms with van der Waals surface area (Å²) >= 11 is 5.70. The van der Waals surface area contributed by atoms with Gasteiger partial charge >= 0.3 is 11.6 Å². The highest BCUT2D eigenvalue weighted by Gasteiger charge is 2.23. The minimum atomic E-state index is -0.607. The van der Waals surface area contributed by atoms with Crippen LogP contribution in [0.25, 0.3) is 0 Å². The lowest BCUT2D eigenvalue weighted by molar-refractivity contribution is -0.386. The molecule has 0 bridgehead atoms. The van der Waals surface area contributed by atoms with E-state index >= 15 is 0 Å². The number of nitrogens with zero attached hydrogens (tertiary/aromatic N) is 3. The number of hydrogen-bond donors (Lipinski definition) is 0. The number of nitro groups is 1. The summed E-state index contributed by atoms with van der Waals surface area (Å²) in [6.45, 7) is 1.46. The average molecular weight is 296 g/mol. The molecule has 0 N–H and O–H groups in total. The second kappa shape index (κ2) is 5.70. The first-order chi connectivity index (χ1) is 9.51. The van der Waals surface area contributed by atoms with Crippen LogP contribution in [-0.2, 0) is 0 Å². The molecule has 1 heterocycles. The molecular formula is C12H10ClN3O4. The predicted octanol–water partition coefficient (Wildman–Crippen LogP) is 3.15. The molecule has 0 saturated carbocycles. The molecule has 0 unspecified atom stereocenters. The number of rotatable bonds is 4. The molecular weight excluding hydrogens is 286 g/mol. The van der Waals surface area contributed by atoms with Crippen LogP contribution < -0.4 is 9.47 Å². The summed E-state index contributed by atoms with van der Waals surface area (Å²) in [7, 11) is 1.54. The van der Waals surface area contributed by atoms with E-state index in [1.807, 2.05) is 0 Å². The van der Waals surface area contributed by atoms with Gasteiger partial charge in [0.15, 0.2) is 0 Å². The number of aromatic nitrogens is 2. The summed E-state index contributed by atoms with van der Waals surface area (Å²) in [6, 6.07) is 6.54. The van der Waals surface area contributed by atoms with Gasteiger partial charge in [-0.3, -0.25) is 10.1 Å². The van der Waals surface area contributed by atoms with Gasteiger partial charge in [-0.2, -0.15) is 4.98 Å². The SMILES string of the molecule is COc1ccc(Oc2nc(Cl)nc(C)c2[N+](=O)[O-])cc1. The Kier molecular flexibility index (Phi) is 3.99. The molecule has 1 aromatic heterocycles. The van der Waals surface area contributed by atoms with Gasteiger partial charge in [0.2, 0.25) is 5.28 Å². The molecule has 7 nitrogen and oxygen atoms in total. The van der Waals surface area contributed by atoms with E-state index in [9.17, 15) is 10.1 Å². The standard InChI is InChI=1S/C12H10ClN3O4/c1-7-10(16(17)18)11(15-12(13)14-7)20-9-5-3-8(19-2)4-6-9/h3-6H,1-2H3. The Morgan fingerprint density at radius 1 is 1.20 bits per heavy atom. The highest BCUT2D eigenvalue weighted by Crippen LogP contribution is 2.32. The topological polar surface area (TPSA) is 87.4 Å². The first-order valence-electron chi connectivity index (χ1n) is 5.51. The highest BCUT2D eigenvalue weighted by atomic mass is 35.5. The average Bonchev–Trinajstić information content (AvgIpc) is 2.38. The van der Waals surface area contributed by atoms with Crippen LogP contribution in [0.5, 0.6) is 17.4 Å². The molecule has 0 saturated heterocycles. The van der Waals surface area contributed by atoms with Crippen molar-refractivity contribution in [2.45, 2.75) is 6.92 Å². The number of benzene rings is 1. The van der Waals surface area contributed by atoms with E-state index in [1.165, 1.54) is 14.0 Å². The van der Waals surface area contributed by atoms with Gasteiger partial charge in [-0.15, -0.1) is 0 Å². The van der Waals surface area contributed by atoms with Gasteiger partial charge in [-0.25, -0.2) is 4.98 Å². The van der Waals surface area contributed by atoms with Gasteiger partial charge < -0.3 is 9.47 Å². The van der Waals surface area contributed by atoms with E-state index < -0.39 is 4.92 Å². The Hall–Kier alpha value is -2.41. The lowest BCUT2D eigenvalue weighted by Gasteiger charge is -2.07. The molecule has 2 rings (SSSR count). The second-order valence-corrected chi connectivity index (χ2v) is 4.10. The monoisotopic (exact) mass is 295 g/mol. The van der Waals surface area contributed by atoms with Gasteiger partial charge in [0.05, 0.1) is 12.0 Å². The fourth-order valence-electron chi connectivity index (χ4n) is 1.54. The van der Waals surface area contributed by atoms with Crippen molar-refractivity contribution in [3.05, 3.63) is 45.4 Å². The third kappa shape index (κ3) is 2.94. The van der Waals surface area contributed by atoms with E-state index in [-0.39, 0.29) is 22.5 Å². The maximum absolute atomic E-state index is 11.0. The van der Waals surface area contributed by atoms with Crippen LogP contribution in [0.15, 0.2) is 24.3 Å². The van der Waals surface area contributed by atoms with Crippen molar-refractivity contribution >= 4 is 17.3 Å². The third-order valence-electron chi connectivity index (χ3n) is 2.46. The zero-order valence-electron chi connectivity index (χ0n) is 10.7. The van der Waals surface area contributed by atoms with Crippen molar-refractivity contribution in [1.82, 2.24) is 9.97 Å². The van der Waals surface area contributed by atoms with Crippen LogP contribution in [0, 0.1) is 17.0 Å². The first-order valence-corrected chi connectivity index (χ1v) is 5.89. The minimum Gasteiger partial charge on any atom is -0.497 e. The summed E-state index contributed by atoms with van der Waals surface area (Å²) in [4.78, 5) is 17.9. The van der Waals surface area contributed by atoms with Crippen LogP contribution in [0.4, 0.5) is 5.69 Å². The van der Waals surface area contributed by atoms with E-state index in [0.717, 1.165) is 0 Å². The largest absolute Gasteiger partial charge is 0.497 e. The molecule has 0 spiro atoms. The van der Waals surface area contributed by atoms with E-state index in [0.29, 0.717) is 11.5 Å². The van der Waals surface area contributed by atoms with Crippen LogP contribution in [-0.4, -0.2) is 22.0 Å². The normalized spacial score (nSPS) is 10.2. The molecule has 0 atom stereocenters. The molecule has 0 aliphatic heterocycles. The number of methoxy groups -OCH3 is 1. The number of hydrogen-bond acceptors (Lipinski definition) is 6. The Balaban J connectivity index is 2.39. The van der Waals surface area contributed by atoms with Crippen molar-refractivity contribution < 1.29 is 14.4 Å². The number of aryl methyl sites for hydroxylation is 1. The molecule has 0 amide bonds. The second-order valence-electron chi connectivity index (χ2n) is 3.77.